The predicted octanol–water partition coefficient (Wildman–Crippen LogP) is 7.07. The van der Waals surface area contributed by atoms with Gasteiger partial charge in [-0.2, -0.15) is 15.2 Å². The summed E-state index contributed by atoms with van der Waals surface area (Å²) in [6.45, 7) is 4.21. The molecule has 2 aromatic carbocycles. The number of hydrogen-bond acceptors (Lipinski definition) is 11. The number of hydrogen-bond donors (Lipinski definition) is 2. The summed E-state index contributed by atoms with van der Waals surface area (Å²) in [4.78, 5) is 21.2. The van der Waals surface area contributed by atoms with Gasteiger partial charge in [-0.05, 0) is 44.6 Å². The number of benzene rings is 2. The highest BCUT2D eigenvalue weighted by atomic mass is 35.5. The van der Waals surface area contributed by atoms with E-state index in [0.717, 1.165) is 17.4 Å². The first-order valence-electron chi connectivity index (χ1n) is 15.2. The van der Waals surface area contributed by atoms with E-state index in [9.17, 15) is 18.4 Å². The number of anilines is 3. The number of piperidine rings is 1. The lowest BCUT2D eigenvalue weighted by atomic mass is 9.73. The average molecular weight is 714 g/mol. The average Bonchev–Trinajstić information content (AvgIpc) is 3.40. The molecule has 3 atom stereocenters. The van der Waals surface area contributed by atoms with Crippen molar-refractivity contribution in [1.82, 2.24) is 24.8 Å². The zero-order chi connectivity index (χ0) is 35.4. The van der Waals surface area contributed by atoms with Gasteiger partial charge < -0.3 is 26.0 Å². The SMILES string of the molecule is C[C@H](c1nccnc1N)N(C)c1nc(OC[C@]2(C)CN(C)CC[C@@H]2C(F)F)nc2c(F)c(-c3ccc(F)c4sc(N)c(C#N)c34)c(Cl)cc12. The molecular formula is C33H32ClF4N9OS. The number of nitrogens with zero attached hydrogens (tertiary/aromatic N) is 7. The molecule has 0 spiro atoms. The minimum Gasteiger partial charge on any atom is -0.463 e. The summed E-state index contributed by atoms with van der Waals surface area (Å²) in [5, 5.41) is 10.2. The quantitative estimate of drug-likeness (QED) is 0.160. The van der Waals surface area contributed by atoms with Crippen LogP contribution in [0.5, 0.6) is 6.01 Å². The van der Waals surface area contributed by atoms with Crippen LogP contribution in [0.15, 0.2) is 30.6 Å². The number of nitrogen functional groups attached to an aromatic ring is 2. The molecule has 6 rings (SSSR count). The molecule has 4 N–H and O–H groups in total. The Balaban J connectivity index is 1.55. The number of nitriles is 1. The highest BCUT2D eigenvalue weighted by molar-refractivity contribution is 7.23. The molecule has 1 saturated heterocycles. The van der Waals surface area contributed by atoms with Gasteiger partial charge in [0.25, 0.3) is 0 Å². The molecule has 256 valence electrons. The van der Waals surface area contributed by atoms with Crippen LogP contribution in [-0.2, 0) is 0 Å². The highest BCUT2D eigenvalue weighted by Crippen LogP contribution is 2.46. The molecule has 0 saturated carbocycles. The monoisotopic (exact) mass is 713 g/mol. The molecule has 0 bridgehead atoms. The minimum absolute atomic E-state index is 0.00754. The van der Waals surface area contributed by atoms with Crippen LogP contribution in [-0.4, -0.2) is 65.1 Å². The van der Waals surface area contributed by atoms with Crippen molar-refractivity contribution >= 4 is 60.6 Å². The maximum absolute atomic E-state index is 17.0. The second kappa shape index (κ2) is 13.1. The number of nitrogens with two attached hydrogens (primary N) is 2. The molecule has 1 aliphatic rings. The summed E-state index contributed by atoms with van der Waals surface area (Å²) < 4.78 is 66.4. The molecule has 4 heterocycles. The molecule has 0 radical (unpaired) electrons. The van der Waals surface area contributed by atoms with Gasteiger partial charge in [0.05, 0.1) is 27.9 Å². The van der Waals surface area contributed by atoms with E-state index in [1.807, 2.05) is 18.0 Å². The third-order valence-electron chi connectivity index (χ3n) is 9.29. The molecular weight excluding hydrogens is 682 g/mol. The molecule has 1 fully saturated rings. The largest absolute Gasteiger partial charge is 0.463 e. The third-order valence-corrected chi connectivity index (χ3v) is 10.6. The second-order valence-corrected chi connectivity index (χ2v) is 14.0. The van der Waals surface area contributed by atoms with Crippen molar-refractivity contribution in [3.05, 3.63) is 58.5 Å². The van der Waals surface area contributed by atoms with Crippen LogP contribution in [0.4, 0.5) is 34.2 Å². The normalized spacial score (nSPS) is 19.0. The lowest BCUT2D eigenvalue weighted by Crippen LogP contribution is -2.51. The van der Waals surface area contributed by atoms with Gasteiger partial charge in [0.1, 0.15) is 39.7 Å². The van der Waals surface area contributed by atoms with Gasteiger partial charge in [-0.15, -0.1) is 11.3 Å². The summed E-state index contributed by atoms with van der Waals surface area (Å²) in [6, 6.07) is 5.13. The topological polar surface area (TPSA) is 143 Å². The number of halogens is 5. The third kappa shape index (κ3) is 6.02. The predicted molar refractivity (Wildman–Crippen MR) is 183 cm³/mol. The molecule has 0 unspecified atom stereocenters. The smallest absolute Gasteiger partial charge is 0.319 e. The fourth-order valence-corrected chi connectivity index (χ4v) is 7.87. The Hall–Kier alpha value is -4.52. The first-order valence-corrected chi connectivity index (χ1v) is 16.4. The van der Waals surface area contributed by atoms with Crippen LogP contribution in [0, 0.1) is 34.3 Å². The second-order valence-electron chi connectivity index (χ2n) is 12.5. The molecule has 0 amide bonds. The summed E-state index contributed by atoms with van der Waals surface area (Å²) in [7, 11) is 3.54. The van der Waals surface area contributed by atoms with Gasteiger partial charge in [0.15, 0.2) is 5.82 Å². The maximum Gasteiger partial charge on any atom is 0.319 e. The molecule has 49 heavy (non-hydrogen) atoms. The molecule has 0 aliphatic carbocycles. The van der Waals surface area contributed by atoms with Crippen molar-refractivity contribution in [2.24, 2.45) is 11.3 Å². The van der Waals surface area contributed by atoms with Crippen molar-refractivity contribution < 1.29 is 22.3 Å². The number of likely N-dealkylation sites (tertiary alicyclic amines) is 1. The number of ether oxygens (including phenoxy) is 1. The van der Waals surface area contributed by atoms with Crippen molar-refractivity contribution in [3.63, 3.8) is 0 Å². The van der Waals surface area contributed by atoms with Gasteiger partial charge in [-0.25, -0.2) is 22.5 Å². The molecule has 3 aromatic heterocycles. The maximum atomic E-state index is 17.0. The Morgan fingerprint density at radius 3 is 2.65 bits per heavy atom. The van der Waals surface area contributed by atoms with E-state index in [0.29, 0.717) is 18.8 Å². The van der Waals surface area contributed by atoms with Crippen LogP contribution < -0.4 is 21.1 Å². The Morgan fingerprint density at radius 2 is 1.96 bits per heavy atom. The van der Waals surface area contributed by atoms with Gasteiger partial charge in [0.2, 0.25) is 6.43 Å². The van der Waals surface area contributed by atoms with E-state index in [1.165, 1.54) is 24.5 Å². The van der Waals surface area contributed by atoms with Gasteiger partial charge in [0, 0.05) is 53.7 Å². The van der Waals surface area contributed by atoms with Crippen LogP contribution in [0.25, 0.3) is 32.1 Å². The van der Waals surface area contributed by atoms with Gasteiger partial charge in [-0.3, -0.25) is 4.98 Å². The number of rotatable bonds is 8. The Bertz CT molecular complexity index is 2130. The summed E-state index contributed by atoms with van der Waals surface area (Å²) in [5.41, 5.74) is 11.4. The van der Waals surface area contributed by atoms with E-state index < -0.39 is 35.4 Å². The van der Waals surface area contributed by atoms with E-state index in [4.69, 9.17) is 27.8 Å². The van der Waals surface area contributed by atoms with Gasteiger partial charge >= 0.3 is 6.01 Å². The zero-order valence-corrected chi connectivity index (χ0v) is 28.5. The first kappa shape index (κ1) is 34.3. The lowest BCUT2D eigenvalue weighted by molar-refractivity contribution is -0.0679. The molecule has 16 heteroatoms. The number of thiophene rings is 1. The summed E-state index contributed by atoms with van der Waals surface area (Å²) in [5.74, 6) is -2.10. The zero-order valence-electron chi connectivity index (χ0n) is 26.9. The Labute approximate surface area is 288 Å². The van der Waals surface area contributed by atoms with Crippen LogP contribution >= 0.6 is 22.9 Å². The van der Waals surface area contributed by atoms with E-state index in [-0.39, 0.29) is 78.4 Å². The van der Waals surface area contributed by atoms with Gasteiger partial charge in [-0.1, -0.05) is 24.6 Å². The summed E-state index contributed by atoms with van der Waals surface area (Å²) in [6.07, 6.45) is 0.648. The number of aromatic nitrogens is 4. The van der Waals surface area contributed by atoms with Crippen molar-refractivity contribution in [2.45, 2.75) is 32.7 Å². The highest BCUT2D eigenvalue weighted by Gasteiger charge is 2.44. The fraction of sp³-hybridized carbons (Fsp3) is 0.364. The van der Waals surface area contributed by atoms with Crippen LogP contribution in [0.1, 0.15) is 37.6 Å². The molecule has 10 nitrogen and oxygen atoms in total. The molecule has 5 aromatic rings. The van der Waals surface area contributed by atoms with Crippen LogP contribution in [0.3, 0.4) is 0 Å². The van der Waals surface area contributed by atoms with E-state index in [2.05, 4.69) is 19.9 Å². The van der Waals surface area contributed by atoms with Crippen molar-refractivity contribution in [1.29, 1.82) is 5.26 Å². The Morgan fingerprint density at radius 1 is 1.22 bits per heavy atom. The number of alkyl halides is 2. The van der Waals surface area contributed by atoms with Crippen molar-refractivity contribution in [3.8, 4) is 23.2 Å². The van der Waals surface area contributed by atoms with Crippen molar-refractivity contribution in [2.75, 3.05) is 50.2 Å². The van der Waals surface area contributed by atoms with Crippen LogP contribution in [0.2, 0.25) is 5.02 Å². The molecule has 1 aliphatic heterocycles. The number of fused-ring (bicyclic) bond motifs is 2. The lowest BCUT2D eigenvalue weighted by Gasteiger charge is -2.44. The first-order chi connectivity index (χ1) is 23.2. The minimum atomic E-state index is -2.57. The Kier molecular flexibility index (Phi) is 9.16. The standard InChI is InChI=1S/C33H32ClF4N9OS/c1-15(25-29(40)43-9-8-42-25)47(4)31-17-11-20(34)23(16-5-6-21(35)27-22(16)18(12-39)30(41)49-27)24(36)26(17)44-32(45-31)48-14-33(2)13-46(3)10-7-19(33)28(37)38/h5-6,8-9,11,15,19,28H,7,10,13-14,41H2,1-4H3,(H2,40,43)/t15-,19-,33+/m1/s1. The van der Waals surface area contributed by atoms with E-state index in [1.54, 1.807) is 25.8 Å². The fourth-order valence-electron chi connectivity index (χ4n) is 6.63. The summed E-state index contributed by atoms with van der Waals surface area (Å²) >= 11 is 7.67. The van der Waals surface area contributed by atoms with E-state index >= 15 is 4.39 Å².